The summed E-state index contributed by atoms with van der Waals surface area (Å²) in [6.07, 6.45) is 5.26. The summed E-state index contributed by atoms with van der Waals surface area (Å²) in [5.74, 6) is 0.0421. The number of nitrogens with one attached hydrogen (secondary N) is 1. The van der Waals surface area contributed by atoms with Crippen LogP contribution in [0.5, 0.6) is 0 Å². The molecular formula is C12H10N4S. The van der Waals surface area contributed by atoms with Gasteiger partial charge in [0.1, 0.15) is 10.7 Å². The molecule has 3 N–H and O–H groups in total. The summed E-state index contributed by atoms with van der Waals surface area (Å²) in [5, 5.41) is 9.55. The molecule has 3 rings (SSSR count). The van der Waals surface area contributed by atoms with Gasteiger partial charge in [0.2, 0.25) is 0 Å². The maximum Gasteiger partial charge on any atom is 0.128 e. The number of amidine groups is 1. The smallest absolute Gasteiger partial charge is 0.128 e. The van der Waals surface area contributed by atoms with E-state index < -0.39 is 0 Å². The van der Waals surface area contributed by atoms with Crippen LogP contribution >= 0.6 is 11.5 Å². The fourth-order valence-corrected chi connectivity index (χ4v) is 2.68. The lowest BCUT2D eigenvalue weighted by Gasteiger charge is -1.97. The number of benzene rings is 1. The lowest BCUT2D eigenvalue weighted by atomic mass is 10.2. The Kier molecular flexibility index (Phi) is 2.19. The second-order valence-electron chi connectivity index (χ2n) is 3.70. The van der Waals surface area contributed by atoms with Crippen LogP contribution in [-0.4, -0.2) is 14.8 Å². The number of para-hydroxylation sites is 1. The fraction of sp³-hybridized carbons (Fsp3) is 0. The Bertz CT molecular complexity index is 735. The summed E-state index contributed by atoms with van der Waals surface area (Å²) < 4.78 is 6.22. The van der Waals surface area contributed by atoms with E-state index in [0.717, 1.165) is 15.7 Å². The Morgan fingerprint density at radius 1 is 1.35 bits per heavy atom. The third-order valence-corrected chi connectivity index (χ3v) is 3.43. The number of hydrogen-bond acceptors (Lipinski definition) is 3. The highest BCUT2D eigenvalue weighted by molar-refractivity contribution is 7.13. The Labute approximate surface area is 102 Å². The molecule has 0 amide bonds. The average Bonchev–Trinajstić information content (AvgIpc) is 2.87. The largest absolute Gasteiger partial charge is 0.384 e. The highest BCUT2D eigenvalue weighted by atomic mass is 32.1. The van der Waals surface area contributed by atoms with Gasteiger partial charge in [0.05, 0.1) is 11.7 Å². The molecule has 1 aromatic carbocycles. The van der Waals surface area contributed by atoms with Gasteiger partial charge in [-0.1, -0.05) is 18.2 Å². The van der Waals surface area contributed by atoms with E-state index >= 15 is 0 Å². The zero-order valence-electron chi connectivity index (χ0n) is 8.92. The zero-order chi connectivity index (χ0) is 11.8. The van der Waals surface area contributed by atoms with Crippen LogP contribution in [0.15, 0.2) is 36.5 Å². The van der Waals surface area contributed by atoms with E-state index in [-0.39, 0.29) is 5.84 Å². The summed E-state index contributed by atoms with van der Waals surface area (Å²) in [5.41, 5.74) is 6.45. The minimum absolute atomic E-state index is 0.0421. The second kappa shape index (κ2) is 3.71. The van der Waals surface area contributed by atoms with Crippen LogP contribution < -0.4 is 5.73 Å². The summed E-state index contributed by atoms with van der Waals surface area (Å²) >= 11 is 1.44. The molecule has 0 bridgehead atoms. The van der Waals surface area contributed by atoms with Crippen LogP contribution in [0.2, 0.25) is 0 Å². The lowest BCUT2D eigenvalue weighted by molar-refractivity contribution is 1.31. The van der Waals surface area contributed by atoms with Gasteiger partial charge in [-0.05, 0) is 23.7 Å². The van der Waals surface area contributed by atoms with Crippen LogP contribution in [0.3, 0.4) is 0 Å². The van der Waals surface area contributed by atoms with Gasteiger partial charge in [0.15, 0.2) is 0 Å². The number of hydrogen-bond donors (Lipinski definition) is 2. The first kappa shape index (κ1) is 10.0. The Hall–Kier alpha value is -2.14. The molecule has 0 aliphatic carbocycles. The van der Waals surface area contributed by atoms with Crippen molar-refractivity contribution in [2.75, 3.05) is 0 Å². The van der Waals surface area contributed by atoms with Crippen LogP contribution in [0.1, 0.15) is 0 Å². The van der Waals surface area contributed by atoms with Crippen molar-refractivity contribution in [3.8, 4) is 0 Å². The molecule has 3 aromatic rings. The molecule has 0 aliphatic heterocycles. The highest BCUT2D eigenvalue weighted by Gasteiger charge is 2.09. The van der Waals surface area contributed by atoms with Gasteiger partial charge in [-0.15, -0.1) is 0 Å². The number of rotatable bonds is 2. The summed E-state index contributed by atoms with van der Waals surface area (Å²) in [4.78, 5) is 1.07. The molecule has 0 radical (unpaired) electrons. The summed E-state index contributed by atoms with van der Waals surface area (Å²) in [7, 11) is 0. The predicted molar refractivity (Wildman–Crippen MR) is 72.4 cm³/mol. The summed E-state index contributed by atoms with van der Waals surface area (Å²) in [6.45, 7) is 0. The van der Waals surface area contributed by atoms with Crippen LogP contribution in [-0.2, 0) is 0 Å². The molecule has 0 fully saturated rings. The highest BCUT2D eigenvalue weighted by Crippen LogP contribution is 2.31. The monoisotopic (exact) mass is 242 g/mol. The van der Waals surface area contributed by atoms with Crippen LogP contribution in [0.25, 0.3) is 27.3 Å². The van der Waals surface area contributed by atoms with Gasteiger partial charge in [-0.25, -0.2) is 0 Å². The van der Waals surface area contributed by atoms with E-state index in [1.165, 1.54) is 16.9 Å². The van der Waals surface area contributed by atoms with Crippen molar-refractivity contribution >= 4 is 44.7 Å². The molecule has 84 valence electrons. The number of nitrogens with zero attached hydrogens (tertiary/aromatic N) is 2. The van der Waals surface area contributed by atoms with E-state index in [1.807, 2.05) is 35.2 Å². The standard InChI is InChI=1S/C12H10N4S/c13-11(14)5-6-16-10-4-2-1-3-8(10)9-7-15-17-12(9)16/h1-7H,(H3,13,14)/b6-5+. The topological polar surface area (TPSA) is 67.7 Å². The van der Waals surface area contributed by atoms with Crippen molar-refractivity contribution in [3.63, 3.8) is 0 Å². The van der Waals surface area contributed by atoms with Crippen molar-refractivity contribution in [1.29, 1.82) is 5.41 Å². The van der Waals surface area contributed by atoms with Crippen LogP contribution in [0.4, 0.5) is 0 Å². The first-order valence-electron chi connectivity index (χ1n) is 5.13. The fourth-order valence-electron chi connectivity index (χ4n) is 1.92. The molecule has 4 nitrogen and oxygen atoms in total. The van der Waals surface area contributed by atoms with E-state index in [9.17, 15) is 0 Å². The van der Waals surface area contributed by atoms with Gasteiger partial charge in [-0.2, -0.15) is 4.37 Å². The third-order valence-electron chi connectivity index (χ3n) is 2.63. The van der Waals surface area contributed by atoms with Crippen LogP contribution in [0, 0.1) is 5.41 Å². The van der Waals surface area contributed by atoms with Gasteiger partial charge in [0, 0.05) is 17.0 Å². The molecule has 0 atom stereocenters. The molecule has 0 aliphatic rings. The molecule has 0 saturated carbocycles. The first-order valence-corrected chi connectivity index (χ1v) is 5.90. The van der Waals surface area contributed by atoms with E-state index in [4.69, 9.17) is 11.1 Å². The van der Waals surface area contributed by atoms with Gasteiger partial charge >= 0.3 is 0 Å². The Morgan fingerprint density at radius 3 is 3.00 bits per heavy atom. The van der Waals surface area contributed by atoms with Crippen molar-refractivity contribution in [2.24, 2.45) is 5.73 Å². The average molecular weight is 242 g/mol. The molecule has 2 heterocycles. The minimum atomic E-state index is 0.0421. The van der Waals surface area contributed by atoms with Gasteiger partial charge in [-0.3, -0.25) is 5.41 Å². The SMILES string of the molecule is N=C(N)/C=C/n1c2ccccc2c2cnsc21. The Balaban J connectivity index is 2.38. The van der Waals surface area contributed by atoms with Crippen molar-refractivity contribution in [2.45, 2.75) is 0 Å². The molecule has 0 saturated heterocycles. The first-order chi connectivity index (χ1) is 8.27. The molecule has 17 heavy (non-hydrogen) atoms. The van der Waals surface area contributed by atoms with E-state index in [0.29, 0.717) is 0 Å². The molecular weight excluding hydrogens is 232 g/mol. The van der Waals surface area contributed by atoms with Crippen molar-refractivity contribution < 1.29 is 0 Å². The maximum atomic E-state index is 7.24. The van der Waals surface area contributed by atoms with Crippen molar-refractivity contribution in [3.05, 3.63) is 36.5 Å². The van der Waals surface area contributed by atoms with Gasteiger partial charge < -0.3 is 10.3 Å². The molecule has 2 aromatic heterocycles. The minimum Gasteiger partial charge on any atom is -0.384 e. The third kappa shape index (κ3) is 1.52. The zero-order valence-corrected chi connectivity index (χ0v) is 9.74. The molecule has 0 unspecified atom stereocenters. The Morgan fingerprint density at radius 2 is 2.18 bits per heavy atom. The van der Waals surface area contributed by atoms with E-state index in [2.05, 4.69) is 10.4 Å². The van der Waals surface area contributed by atoms with Gasteiger partial charge in [0.25, 0.3) is 0 Å². The quantitative estimate of drug-likeness (QED) is 0.536. The number of fused-ring (bicyclic) bond motifs is 3. The van der Waals surface area contributed by atoms with E-state index in [1.54, 1.807) is 6.08 Å². The normalized spacial score (nSPS) is 11.8. The molecule has 0 spiro atoms. The van der Waals surface area contributed by atoms with Crippen molar-refractivity contribution in [1.82, 2.24) is 8.94 Å². The second-order valence-corrected chi connectivity index (χ2v) is 4.48. The maximum absolute atomic E-state index is 7.24. The number of aromatic nitrogens is 2. The predicted octanol–water partition coefficient (Wildman–Crippen LogP) is 2.66. The molecule has 5 heteroatoms. The lowest BCUT2D eigenvalue weighted by Crippen LogP contribution is -2.04. The summed E-state index contributed by atoms with van der Waals surface area (Å²) in [6, 6.07) is 8.13. The number of nitrogens with two attached hydrogens (primary N) is 1.